The smallest absolute Gasteiger partial charge is 0.456 e. The number of ether oxygens (including phenoxy) is 1. The zero-order valence-electron chi connectivity index (χ0n) is 30.5. The Bertz CT molecular complexity index is 2750. The van der Waals surface area contributed by atoms with E-state index in [9.17, 15) is 0 Å². The van der Waals surface area contributed by atoms with Crippen molar-refractivity contribution in [1.82, 2.24) is 24.5 Å². The highest BCUT2D eigenvalue weighted by molar-refractivity contribution is 6.11. The third-order valence-electron chi connectivity index (χ3n) is 9.56. The van der Waals surface area contributed by atoms with Crippen molar-refractivity contribution >= 4 is 33.5 Å². The largest absolute Gasteiger partial charge is 0.495 e. The Balaban J connectivity index is 1.33. The minimum atomic E-state index is -0.148. The molecule has 1 aliphatic rings. The predicted molar refractivity (Wildman–Crippen MR) is 214 cm³/mol. The van der Waals surface area contributed by atoms with Crippen molar-refractivity contribution in [3.8, 4) is 51.5 Å². The van der Waals surface area contributed by atoms with Crippen LogP contribution >= 0.6 is 0 Å². The van der Waals surface area contributed by atoms with Crippen LogP contribution in [0.4, 0.5) is 5.69 Å². The third kappa shape index (κ3) is 6.15. The maximum Gasteiger partial charge on any atom is 0.495 e. The van der Waals surface area contributed by atoms with Crippen molar-refractivity contribution in [1.29, 1.82) is 0 Å². The topological polar surface area (TPSA) is 71.7 Å². The van der Waals surface area contributed by atoms with Crippen molar-refractivity contribution < 1.29 is 13.9 Å². The molecule has 0 spiro atoms. The second-order valence-corrected chi connectivity index (χ2v) is 14.4. The Morgan fingerprint density at radius 1 is 0.630 bits per heavy atom. The number of fused-ring (bicyclic) bond motifs is 3. The molecule has 0 aliphatic carbocycles. The molecule has 8 nitrogen and oxygen atoms in total. The summed E-state index contributed by atoms with van der Waals surface area (Å²) in [6.45, 7) is 6.62. The molecule has 0 unspecified atom stereocenters. The molecule has 0 amide bonds. The number of para-hydroxylation sites is 1. The van der Waals surface area contributed by atoms with Gasteiger partial charge >= 0.3 is 6.01 Å². The molecule has 0 fully saturated rings. The van der Waals surface area contributed by atoms with Crippen LogP contribution in [-0.4, -0.2) is 46.7 Å². The minimum Gasteiger partial charge on any atom is -0.456 e. The molecule has 5 aromatic carbocycles. The maximum absolute atomic E-state index is 7.09. The summed E-state index contributed by atoms with van der Waals surface area (Å²) in [7, 11) is 1.96. The lowest BCUT2D eigenvalue weighted by molar-refractivity contribution is -0.429. The van der Waals surface area contributed by atoms with Crippen molar-refractivity contribution in [2.45, 2.75) is 26.2 Å². The SMILES string of the molecule is C[N+]1=C=[N+](c2cc(Oc3cc4c(cc3-c3nc(-c5ccccc5)nc(-c5ccccc5)n3)c3ccccc3n4-c3ccccn3)cc(C(C)(C)C)c2)C=C1. The van der Waals surface area contributed by atoms with E-state index in [0.717, 1.165) is 55.6 Å². The highest BCUT2D eigenvalue weighted by atomic mass is 16.5. The van der Waals surface area contributed by atoms with Gasteiger partial charge in [0.05, 0.1) is 22.7 Å². The summed E-state index contributed by atoms with van der Waals surface area (Å²) >= 11 is 0. The monoisotopic (exact) mass is 703 g/mol. The van der Waals surface area contributed by atoms with E-state index in [0.29, 0.717) is 29.0 Å². The van der Waals surface area contributed by atoms with E-state index >= 15 is 0 Å². The number of rotatable bonds is 7. The molecule has 9 rings (SSSR count). The van der Waals surface area contributed by atoms with Gasteiger partial charge in [-0.3, -0.25) is 4.57 Å². The Hall–Kier alpha value is -7.02. The maximum atomic E-state index is 7.09. The quantitative estimate of drug-likeness (QED) is 0.155. The van der Waals surface area contributed by atoms with Gasteiger partial charge in [-0.05, 0) is 41.3 Å². The Labute approximate surface area is 313 Å². The van der Waals surface area contributed by atoms with Gasteiger partial charge in [0.1, 0.15) is 17.3 Å². The number of hydrogen-bond donors (Lipinski definition) is 0. The van der Waals surface area contributed by atoms with Crippen molar-refractivity contribution in [3.63, 3.8) is 0 Å². The molecule has 0 saturated carbocycles. The van der Waals surface area contributed by atoms with Crippen LogP contribution in [0.25, 0.3) is 61.8 Å². The number of hydrogen-bond acceptors (Lipinski definition) is 5. The van der Waals surface area contributed by atoms with Gasteiger partial charge in [-0.15, -0.1) is 0 Å². The lowest BCUT2D eigenvalue weighted by Gasteiger charge is -2.20. The summed E-state index contributed by atoms with van der Waals surface area (Å²) in [6, 6.07) is 48.4. The Kier molecular flexibility index (Phi) is 8.03. The molecule has 54 heavy (non-hydrogen) atoms. The highest BCUT2D eigenvalue weighted by Gasteiger charge is 2.25. The number of nitrogens with zero attached hydrogens (tertiary/aromatic N) is 7. The van der Waals surface area contributed by atoms with Gasteiger partial charge in [0.25, 0.3) is 6.20 Å². The van der Waals surface area contributed by atoms with Crippen molar-refractivity contribution in [3.05, 3.63) is 158 Å². The van der Waals surface area contributed by atoms with Gasteiger partial charge in [-0.2, -0.15) is 0 Å². The molecule has 4 heterocycles. The van der Waals surface area contributed by atoms with E-state index in [-0.39, 0.29) is 5.41 Å². The molecule has 8 aromatic rings. The Morgan fingerprint density at radius 3 is 1.94 bits per heavy atom. The lowest BCUT2D eigenvalue weighted by atomic mass is 9.86. The molecule has 8 heteroatoms. The van der Waals surface area contributed by atoms with Crippen LogP contribution < -0.4 is 4.74 Å². The van der Waals surface area contributed by atoms with Crippen LogP contribution in [0.3, 0.4) is 0 Å². The normalized spacial score (nSPS) is 12.7. The summed E-state index contributed by atoms with van der Waals surface area (Å²) in [5.41, 5.74) is 6.44. The molecule has 0 radical (unpaired) electrons. The minimum absolute atomic E-state index is 0.148. The van der Waals surface area contributed by atoms with Gasteiger partial charge in [-0.25, -0.2) is 19.9 Å². The van der Waals surface area contributed by atoms with E-state index in [1.807, 2.05) is 120 Å². The first-order valence-electron chi connectivity index (χ1n) is 17.9. The number of pyridine rings is 1. The first kappa shape index (κ1) is 32.9. The van der Waals surface area contributed by atoms with Crippen LogP contribution in [0.1, 0.15) is 26.3 Å². The summed E-state index contributed by atoms with van der Waals surface area (Å²) in [4.78, 5) is 20.0. The van der Waals surface area contributed by atoms with Crippen LogP contribution in [0.2, 0.25) is 0 Å². The highest BCUT2D eigenvalue weighted by Crippen LogP contribution is 2.42. The van der Waals surface area contributed by atoms with Gasteiger partial charge in [0.2, 0.25) is 11.9 Å². The lowest BCUT2D eigenvalue weighted by Crippen LogP contribution is -2.11. The molecule has 1 aliphatic heterocycles. The summed E-state index contributed by atoms with van der Waals surface area (Å²) < 4.78 is 13.2. The predicted octanol–water partition coefficient (Wildman–Crippen LogP) is 10.4. The standard InChI is InChI=1S/C46H37N7O/c1-46(2,3)33-25-34(52-24-23-51(4)30-52)27-35(26-33)54-41-29-40-37(36-19-11-12-20-39(36)53(40)42-21-13-14-22-47-42)28-38(41)45-49-43(31-15-7-5-8-16-31)48-44(50-45)32-17-9-6-10-18-32/h5-29H,1-4H3/q+2. The van der Waals surface area contributed by atoms with Crippen LogP contribution in [0.15, 0.2) is 152 Å². The summed E-state index contributed by atoms with van der Waals surface area (Å²) in [5, 5.41) is 2.11. The van der Waals surface area contributed by atoms with Gasteiger partial charge < -0.3 is 4.74 Å². The van der Waals surface area contributed by atoms with Gasteiger partial charge in [0, 0.05) is 40.2 Å². The van der Waals surface area contributed by atoms with E-state index in [2.05, 4.69) is 79.9 Å². The van der Waals surface area contributed by atoms with E-state index in [4.69, 9.17) is 24.7 Å². The fraction of sp³-hybridized carbons (Fsp3) is 0.109. The van der Waals surface area contributed by atoms with Gasteiger partial charge in [-0.1, -0.05) is 115 Å². The van der Waals surface area contributed by atoms with E-state index < -0.39 is 0 Å². The van der Waals surface area contributed by atoms with Crippen LogP contribution in [-0.2, 0) is 5.41 Å². The molecule has 0 saturated heterocycles. The Morgan fingerprint density at radius 2 is 1.30 bits per heavy atom. The molecule has 260 valence electrons. The first-order chi connectivity index (χ1) is 26.3. The fourth-order valence-electron chi connectivity index (χ4n) is 6.81. The van der Waals surface area contributed by atoms with E-state index in [1.165, 1.54) is 0 Å². The second kappa shape index (κ2) is 13.2. The summed E-state index contributed by atoms with van der Waals surface area (Å²) in [5.74, 6) is 3.76. The zero-order valence-corrected chi connectivity index (χ0v) is 30.5. The average Bonchev–Trinajstić information content (AvgIpc) is 3.78. The second-order valence-electron chi connectivity index (χ2n) is 14.4. The number of benzene rings is 5. The fourth-order valence-corrected chi connectivity index (χ4v) is 6.81. The molecular weight excluding hydrogens is 667 g/mol. The third-order valence-corrected chi connectivity index (χ3v) is 9.56. The molecule has 0 N–H and O–H groups in total. The zero-order chi connectivity index (χ0) is 36.8. The molecule has 3 aromatic heterocycles. The first-order valence-corrected chi connectivity index (χ1v) is 17.9. The molecule has 0 bridgehead atoms. The van der Waals surface area contributed by atoms with Crippen molar-refractivity contribution in [2.24, 2.45) is 0 Å². The van der Waals surface area contributed by atoms with Crippen molar-refractivity contribution in [2.75, 3.05) is 7.05 Å². The van der Waals surface area contributed by atoms with Crippen LogP contribution in [0.5, 0.6) is 11.5 Å². The average molecular weight is 704 g/mol. The summed E-state index contributed by atoms with van der Waals surface area (Å²) in [6.07, 6.45) is 5.79. The molecular formula is C46H37N7O+2. The van der Waals surface area contributed by atoms with E-state index in [1.54, 1.807) is 0 Å². The number of aromatic nitrogens is 5. The molecule has 0 atom stereocenters. The van der Waals surface area contributed by atoms with Gasteiger partial charge in [0.15, 0.2) is 24.5 Å². The van der Waals surface area contributed by atoms with Crippen LogP contribution in [0, 0.1) is 0 Å².